The number of carbonyl (C=O) groups excluding carboxylic acids is 2. The highest BCUT2D eigenvalue weighted by Crippen LogP contribution is 2.38. The molecule has 2 heterocycles. The number of amides is 1. The molecule has 1 amide bonds. The van der Waals surface area contributed by atoms with E-state index in [1.807, 2.05) is 58.0 Å². The summed E-state index contributed by atoms with van der Waals surface area (Å²) >= 11 is 0. The predicted octanol–water partition coefficient (Wildman–Crippen LogP) is 5.79. The Morgan fingerprint density at radius 3 is 2.45 bits per heavy atom. The van der Waals surface area contributed by atoms with Crippen molar-refractivity contribution in [3.05, 3.63) is 100 Å². The summed E-state index contributed by atoms with van der Waals surface area (Å²) in [5.74, 6) is 0.757. The van der Waals surface area contributed by atoms with Crippen LogP contribution in [-0.2, 0) is 4.74 Å². The van der Waals surface area contributed by atoms with Crippen LogP contribution in [0, 0.1) is 6.92 Å². The van der Waals surface area contributed by atoms with Crippen molar-refractivity contribution in [2.75, 3.05) is 26.3 Å². The molecule has 0 aliphatic carbocycles. The van der Waals surface area contributed by atoms with Crippen LogP contribution >= 0.6 is 0 Å². The summed E-state index contributed by atoms with van der Waals surface area (Å²) in [7, 11) is 0. The highest BCUT2D eigenvalue weighted by molar-refractivity contribution is 6.15. The SMILES string of the molecule is CCOc1cc2c(cc1C)C(c1ccc(C(=O)N(C(C)C)[C@@H](C)COC(=O)c3ccccc3)cc1)=NC1CCNC[C@H]21. The van der Waals surface area contributed by atoms with Gasteiger partial charge >= 0.3 is 5.97 Å². The largest absolute Gasteiger partial charge is 0.494 e. The van der Waals surface area contributed by atoms with Crippen LogP contribution in [0.2, 0.25) is 0 Å². The molecule has 0 aromatic heterocycles. The topological polar surface area (TPSA) is 80.2 Å². The molecule has 1 unspecified atom stereocenters. The fraction of sp³-hybridized carbons (Fsp3) is 0.400. The van der Waals surface area contributed by atoms with Gasteiger partial charge in [-0.2, -0.15) is 0 Å². The molecular formula is C35H41N3O4. The van der Waals surface area contributed by atoms with Crippen molar-refractivity contribution in [2.24, 2.45) is 4.99 Å². The van der Waals surface area contributed by atoms with E-state index in [-0.39, 0.29) is 30.6 Å². The number of benzene rings is 3. The zero-order valence-corrected chi connectivity index (χ0v) is 25.2. The average molecular weight is 568 g/mol. The average Bonchev–Trinajstić information content (AvgIpc) is 3.00. The molecule has 3 aromatic rings. The van der Waals surface area contributed by atoms with Crippen LogP contribution in [0.15, 0.2) is 71.7 Å². The maximum absolute atomic E-state index is 13.7. The number of rotatable bonds is 9. The van der Waals surface area contributed by atoms with Gasteiger partial charge in [0, 0.05) is 35.2 Å². The lowest BCUT2D eigenvalue weighted by Gasteiger charge is -2.36. The minimum atomic E-state index is -0.393. The molecule has 220 valence electrons. The van der Waals surface area contributed by atoms with Crippen molar-refractivity contribution in [1.82, 2.24) is 10.2 Å². The van der Waals surface area contributed by atoms with E-state index < -0.39 is 5.97 Å². The van der Waals surface area contributed by atoms with E-state index >= 15 is 0 Å². The lowest BCUT2D eigenvalue weighted by atomic mass is 9.79. The minimum absolute atomic E-state index is 0.0726. The van der Waals surface area contributed by atoms with E-state index in [9.17, 15) is 9.59 Å². The van der Waals surface area contributed by atoms with Crippen molar-refractivity contribution < 1.29 is 19.1 Å². The Labute approximate surface area is 248 Å². The van der Waals surface area contributed by atoms with E-state index in [0.717, 1.165) is 47.7 Å². The first-order valence-electron chi connectivity index (χ1n) is 15.0. The van der Waals surface area contributed by atoms with Gasteiger partial charge in [-0.1, -0.05) is 30.3 Å². The Balaban J connectivity index is 1.37. The molecule has 7 heteroatoms. The van der Waals surface area contributed by atoms with Crippen molar-refractivity contribution in [3.8, 4) is 5.75 Å². The molecule has 1 N–H and O–H groups in total. The van der Waals surface area contributed by atoms with Crippen LogP contribution in [0.4, 0.5) is 0 Å². The Kier molecular flexibility index (Phi) is 9.07. The number of aliphatic imine (C=N–C) groups is 1. The van der Waals surface area contributed by atoms with Gasteiger partial charge in [-0.25, -0.2) is 4.79 Å². The maximum atomic E-state index is 13.7. The predicted molar refractivity (Wildman–Crippen MR) is 166 cm³/mol. The summed E-state index contributed by atoms with van der Waals surface area (Å²) < 4.78 is 11.5. The molecule has 1 saturated heterocycles. The molecule has 42 heavy (non-hydrogen) atoms. The second-order valence-corrected chi connectivity index (χ2v) is 11.5. The number of piperidine rings is 1. The van der Waals surface area contributed by atoms with E-state index in [1.165, 1.54) is 5.56 Å². The Morgan fingerprint density at radius 2 is 1.76 bits per heavy atom. The summed E-state index contributed by atoms with van der Waals surface area (Å²) in [6.07, 6.45) is 0.984. The monoisotopic (exact) mass is 567 g/mol. The molecule has 0 saturated carbocycles. The fourth-order valence-electron chi connectivity index (χ4n) is 6.11. The zero-order chi connectivity index (χ0) is 29.8. The first kappa shape index (κ1) is 29.5. The van der Waals surface area contributed by atoms with Crippen molar-refractivity contribution in [1.29, 1.82) is 0 Å². The Morgan fingerprint density at radius 1 is 1.02 bits per heavy atom. The molecule has 0 spiro atoms. The minimum Gasteiger partial charge on any atom is -0.494 e. The van der Waals surface area contributed by atoms with Gasteiger partial charge in [-0.3, -0.25) is 9.79 Å². The first-order chi connectivity index (χ1) is 20.3. The van der Waals surface area contributed by atoms with Gasteiger partial charge in [0.1, 0.15) is 12.4 Å². The number of fused-ring (bicyclic) bond motifs is 3. The van der Waals surface area contributed by atoms with Crippen LogP contribution in [0.1, 0.15) is 83.0 Å². The summed E-state index contributed by atoms with van der Waals surface area (Å²) in [5, 5.41) is 3.54. The van der Waals surface area contributed by atoms with Crippen LogP contribution in [0.5, 0.6) is 5.75 Å². The molecule has 2 aliphatic rings. The zero-order valence-electron chi connectivity index (χ0n) is 25.2. The number of nitrogens with zero attached hydrogens (tertiary/aromatic N) is 2. The summed E-state index contributed by atoms with van der Waals surface area (Å²) in [5.41, 5.74) is 6.55. The third kappa shape index (κ3) is 6.12. The van der Waals surface area contributed by atoms with Crippen molar-refractivity contribution >= 4 is 17.6 Å². The second kappa shape index (κ2) is 12.9. The van der Waals surface area contributed by atoms with Gasteiger partial charge in [0.15, 0.2) is 0 Å². The highest BCUT2D eigenvalue weighted by atomic mass is 16.5. The number of nitrogens with one attached hydrogen (secondary N) is 1. The van der Waals surface area contributed by atoms with E-state index in [1.54, 1.807) is 29.2 Å². The molecule has 3 atom stereocenters. The molecule has 7 nitrogen and oxygen atoms in total. The van der Waals surface area contributed by atoms with Crippen molar-refractivity contribution in [2.45, 2.75) is 65.1 Å². The first-order valence-corrected chi connectivity index (χ1v) is 15.0. The number of aryl methyl sites for hydroxylation is 1. The smallest absolute Gasteiger partial charge is 0.338 e. The third-order valence-electron chi connectivity index (χ3n) is 8.18. The van der Waals surface area contributed by atoms with Crippen LogP contribution in [0.25, 0.3) is 0 Å². The molecule has 3 aromatic carbocycles. The van der Waals surface area contributed by atoms with E-state index in [4.69, 9.17) is 14.5 Å². The summed E-state index contributed by atoms with van der Waals surface area (Å²) in [6, 6.07) is 20.9. The number of hydrogen-bond donors (Lipinski definition) is 1. The van der Waals surface area contributed by atoms with Gasteiger partial charge in [0.05, 0.1) is 30.0 Å². The third-order valence-corrected chi connectivity index (χ3v) is 8.18. The van der Waals surface area contributed by atoms with E-state index in [0.29, 0.717) is 23.7 Å². The second-order valence-electron chi connectivity index (χ2n) is 11.5. The summed E-state index contributed by atoms with van der Waals surface area (Å²) in [4.78, 5) is 33.2. The molecular weight excluding hydrogens is 526 g/mol. The van der Waals surface area contributed by atoms with Crippen LogP contribution in [0.3, 0.4) is 0 Å². The van der Waals surface area contributed by atoms with Crippen LogP contribution < -0.4 is 10.1 Å². The molecule has 0 bridgehead atoms. The molecule has 0 radical (unpaired) electrons. The summed E-state index contributed by atoms with van der Waals surface area (Å²) in [6.45, 7) is 12.6. The van der Waals surface area contributed by atoms with Gasteiger partial charge in [-0.05, 0) is 95.1 Å². The van der Waals surface area contributed by atoms with Gasteiger partial charge in [0.2, 0.25) is 0 Å². The van der Waals surface area contributed by atoms with E-state index in [2.05, 4.69) is 24.4 Å². The molecule has 2 aliphatic heterocycles. The molecule has 1 fully saturated rings. The highest BCUT2D eigenvalue weighted by Gasteiger charge is 2.34. The van der Waals surface area contributed by atoms with Gasteiger partial charge < -0.3 is 19.7 Å². The lowest BCUT2D eigenvalue weighted by Crippen LogP contribution is -2.46. The number of esters is 1. The quantitative estimate of drug-likeness (QED) is 0.331. The maximum Gasteiger partial charge on any atom is 0.338 e. The fourth-order valence-corrected chi connectivity index (χ4v) is 6.11. The molecule has 5 rings (SSSR count). The van der Waals surface area contributed by atoms with Crippen molar-refractivity contribution in [3.63, 3.8) is 0 Å². The standard InChI is InChI=1S/C35H41N3O4/c1-6-41-32-19-28-29(18-23(32)4)33(37-31-16-17-36-20-30(28)31)25-12-14-26(15-13-25)34(39)38(22(2)3)24(5)21-42-35(40)27-10-8-7-9-11-27/h7-15,18-19,22,24,30-31,36H,6,16-17,20-21H2,1-5H3/t24-,30+,31?/m0/s1. The number of ether oxygens (including phenoxy) is 2. The van der Waals surface area contributed by atoms with Gasteiger partial charge in [-0.15, -0.1) is 0 Å². The Hall–Kier alpha value is -3.97. The number of carbonyl (C=O) groups is 2. The normalized spacial score (nSPS) is 18.4. The van der Waals surface area contributed by atoms with Gasteiger partial charge in [0.25, 0.3) is 5.91 Å². The van der Waals surface area contributed by atoms with Crippen LogP contribution in [-0.4, -0.2) is 66.9 Å². The Bertz CT molecular complexity index is 1450. The number of hydrogen-bond acceptors (Lipinski definition) is 6. The lowest BCUT2D eigenvalue weighted by molar-refractivity contribution is 0.0293.